The number of halogens is 3. The molecule has 0 spiro atoms. The number of carbonyl (C=O) groups excluding carboxylic acids is 1. The minimum Gasteiger partial charge on any atom is -0.478 e. The number of nitrogens with zero attached hydrogens (tertiary/aromatic N) is 2. The van der Waals surface area contributed by atoms with E-state index in [0.717, 1.165) is 59.5 Å². The van der Waals surface area contributed by atoms with Crippen molar-refractivity contribution in [2.24, 2.45) is 0 Å². The lowest BCUT2D eigenvalue weighted by atomic mass is 9.91. The van der Waals surface area contributed by atoms with Gasteiger partial charge in [-0.3, -0.25) is 9.69 Å². The number of rotatable bonds is 4. The third-order valence-electron chi connectivity index (χ3n) is 6.94. The quantitative estimate of drug-likeness (QED) is 0.656. The molecule has 2 heterocycles. The number of ether oxygens (including phenoxy) is 1. The summed E-state index contributed by atoms with van der Waals surface area (Å²) in [6.07, 6.45) is -1.52. The molecule has 1 saturated carbocycles. The Kier molecular flexibility index (Phi) is 5.34. The Morgan fingerprint density at radius 1 is 1.17 bits per heavy atom. The van der Waals surface area contributed by atoms with E-state index in [1.165, 1.54) is 12.1 Å². The number of aryl methyl sites for hydroxylation is 1. The van der Waals surface area contributed by atoms with Gasteiger partial charge in [0.2, 0.25) is 11.5 Å². The average Bonchev–Trinajstić information content (AvgIpc) is 3.25. The summed E-state index contributed by atoms with van der Waals surface area (Å²) in [5.41, 5.74) is 2.02. The normalized spacial score (nSPS) is 21.8. The van der Waals surface area contributed by atoms with Crippen LogP contribution < -0.4 is 9.64 Å². The second-order valence-corrected chi connectivity index (χ2v) is 9.61. The number of fused-ring (bicyclic) bond motifs is 1. The molecule has 9 heteroatoms. The van der Waals surface area contributed by atoms with Crippen LogP contribution in [0.1, 0.15) is 48.4 Å². The summed E-state index contributed by atoms with van der Waals surface area (Å²) in [6.45, 7) is 3.72. The van der Waals surface area contributed by atoms with Gasteiger partial charge in [-0.15, -0.1) is 0 Å². The van der Waals surface area contributed by atoms with E-state index >= 15 is 0 Å². The predicted molar refractivity (Wildman–Crippen MR) is 122 cm³/mol. The largest absolute Gasteiger partial charge is 0.478 e. The number of carboxylic acids is 1. The first-order chi connectivity index (χ1) is 16.5. The van der Waals surface area contributed by atoms with Crippen LogP contribution >= 0.6 is 0 Å². The molecular weight excluding hydrogens is 461 g/mol. The van der Waals surface area contributed by atoms with Gasteiger partial charge in [-0.2, -0.15) is 13.2 Å². The van der Waals surface area contributed by atoms with Gasteiger partial charge in [-0.05, 0) is 79.6 Å². The molecule has 2 fully saturated rings. The molecule has 35 heavy (non-hydrogen) atoms. The molecule has 2 aliphatic heterocycles. The molecule has 1 saturated heterocycles. The molecule has 0 aromatic heterocycles. The Balaban J connectivity index is 1.45. The van der Waals surface area contributed by atoms with E-state index < -0.39 is 23.3 Å². The van der Waals surface area contributed by atoms with Gasteiger partial charge in [0.25, 0.3) is 0 Å². The second kappa shape index (κ2) is 8.03. The zero-order valence-electron chi connectivity index (χ0n) is 19.4. The maximum atomic E-state index is 13.1. The van der Waals surface area contributed by atoms with Crippen LogP contribution in [0.5, 0.6) is 5.75 Å². The number of amides is 1. The number of benzene rings is 2. The Morgan fingerprint density at radius 3 is 2.43 bits per heavy atom. The minimum atomic E-state index is -4.42. The van der Waals surface area contributed by atoms with Crippen molar-refractivity contribution < 1.29 is 32.6 Å². The van der Waals surface area contributed by atoms with Crippen molar-refractivity contribution in [3.8, 4) is 5.75 Å². The minimum absolute atomic E-state index is 0.0499. The monoisotopic (exact) mass is 486 g/mol. The summed E-state index contributed by atoms with van der Waals surface area (Å²) < 4.78 is 44.8. The molecule has 1 amide bonds. The number of carboxylic acid groups (broad SMARTS) is 1. The van der Waals surface area contributed by atoms with Crippen molar-refractivity contribution in [3.05, 3.63) is 70.0 Å². The zero-order chi connectivity index (χ0) is 25.1. The number of hydrogen-bond acceptors (Lipinski definition) is 4. The van der Waals surface area contributed by atoms with Crippen molar-refractivity contribution in [2.75, 3.05) is 11.4 Å². The first-order valence-electron chi connectivity index (χ1n) is 11.5. The number of allylic oxidation sites excluding steroid dienone is 1. The van der Waals surface area contributed by atoms with Crippen LogP contribution in [0, 0.1) is 6.92 Å². The van der Waals surface area contributed by atoms with Gasteiger partial charge in [0.05, 0.1) is 12.1 Å². The van der Waals surface area contributed by atoms with E-state index in [0.29, 0.717) is 11.4 Å². The van der Waals surface area contributed by atoms with Crippen molar-refractivity contribution in [3.63, 3.8) is 0 Å². The molecule has 2 aromatic carbocycles. The first-order valence-corrected chi connectivity index (χ1v) is 11.5. The molecule has 1 N–H and O–H groups in total. The molecule has 3 aliphatic rings. The predicted octanol–water partition coefficient (Wildman–Crippen LogP) is 5.04. The molecule has 1 unspecified atom stereocenters. The van der Waals surface area contributed by atoms with Crippen LogP contribution in [0.4, 0.5) is 18.9 Å². The van der Waals surface area contributed by atoms with Crippen LogP contribution in [0.25, 0.3) is 0 Å². The maximum Gasteiger partial charge on any atom is 0.416 e. The van der Waals surface area contributed by atoms with Gasteiger partial charge >= 0.3 is 12.1 Å². The van der Waals surface area contributed by atoms with E-state index in [9.17, 15) is 27.9 Å². The van der Waals surface area contributed by atoms with Gasteiger partial charge in [0.1, 0.15) is 18.1 Å². The molecular formula is C26H25F3N2O4. The standard InChI is InChI=1S/C26H25F3N2O4/c1-15-10-16(11-18-12-25(2,24(33)34)35-22(15)18)13-31-21(32)14-30(23(31)17-4-3-5-17)20-8-6-19(7-9-20)26(27,28)29/h6-11H,3-5,12-14H2,1-2H3,(H,33,34). The summed E-state index contributed by atoms with van der Waals surface area (Å²) in [4.78, 5) is 28.3. The summed E-state index contributed by atoms with van der Waals surface area (Å²) in [6, 6.07) is 8.66. The molecule has 1 aliphatic carbocycles. The van der Waals surface area contributed by atoms with E-state index in [-0.39, 0.29) is 25.4 Å². The Bertz CT molecular complexity index is 1250. The Morgan fingerprint density at radius 2 is 1.86 bits per heavy atom. The highest BCUT2D eigenvalue weighted by Crippen LogP contribution is 2.41. The van der Waals surface area contributed by atoms with Crippen molar-refractivity contribution in [1.82, 2.24) is 4.90 Å². The van der Waals surface area contributed by atoms with Crippen LogP contribution in [-0.4, -0.2) is 34.0 Å². The van der Waals surface area contributed by atoms with Crippen LogP contribution in [0.2, 0.25) is 0 Å². The first kappa shape index (κ1) is 23.3. The third kappa shape index (κ3) is 4.02. The number of hydrogen-bond donors (Lipinski definition) is 1. The summed E-state index contributed by atoms with van der Waals surface area (Å²) in [7, 11) is 0. The lowest BCUT2D eigenvalue weighted by Gasteiger charge is -2.30. The van der Waals surface area contributed by atoms with Gasteiger partial charge in [0, 0.05) is 12.1 Å². The summed E-state index contributed by atoms with van der Waals surface area (Å²) in [5, 5.41) is 9.55. The molecule has 1 atom stereocenters. The fourth-order valence-corrected chi connectivity index (χ4v) is 4.95. The van der Waals surface area contributed by atoms with Crippen molar-refractivity contribution in [2.45, 2.75) is 57.9 Å². The highest BCUT2D eigenvalue weighted by molar-refractivity contribution is 5.89. The number of aliphatic carboxylic acids is 1. The van der Waals surface area contributed by atoms with E-state index in [4.69, 9.17) is 4.74 Å². The van der Waals surface area contributed by atoms with Gasteiger partial charge in [0.15, 0.2) is 0 Å². The third-order valence-corrected chi connectivity index (χ3v) is 6.94. The molecule has 0 bridgehead atoms. The molecule has 2 aromatic rings. The maximum absolute atomic E-state index is 13.1. The lowest BCUT2D eigenvalue weighted by Crippen LogP contribution is -2.39. The number of carbonyl (C=O) groups is 2. The highest BCUT2D eigenvalue weighted by atomic mass is 19.4. The number of alkyl halides is 3. The number of anilines is 1. The zero-order valence-corrected chi connectivity index (χ0v) is 19.4. The molecule has 6 nitrogen and oxygen atoms in total. The van der Waals surface area contributed by atoms with Crippen molar-refractivity contribution >= 4 is 17.6 Å². The molecule has 0 radical (unpaired) electrons. The lowest BCUT2D eigenvalue weighted by molar-refractivity contribution is -0.152. The Labute approximate surface area is 200 Å². The average molecular weight is 486 g/mol. The van der Waals surface area contributed by atoms with Crippen molar-refractivity contribution in [1.29, 1.82) is 0 Å². The van der Waals surface area contributed by atoms with E-state index in [1.54, 1.807) is 16.7 Å². The SMILES string of the molecule is Cc1cc(CN2C(=O)CN(c3ccc(C(F)(F)F)cc3)C2=C2CCC2)cc2c1OC(C)(C(=O)O)C2. The van der Waals surface area contributed by atoms with Crippen LogP contribution in [0.3, 0.4) is 0 Å². The summed E-state index contributed by atoms with van der Waals surface area (Å²) >= 11 is 0. The summed E-state index contributed by atoms with van der Waals surface area (Å²) in [5.74, 6) is 0.138. The topological polar surface area (TPSA) is 70.1 Å². The fourth-order valence-electron chi connectivity index (χ4n) is 4.95. The smallest absolute Gasteiger partial charge is 0.416 e. The van der Waals surface area contributed by atoms with Gasteiger partial charge in [-0.25, -0.2) is 4.79 Å². The molecule has 184 valence electrons. The van der Waals surface area contributed by atoms with Crippen LogP contribution in [-0.2, 0) is 28.7 Å². The van der Waals surface area contributed by atoms with Crippen LogP contribution in [0.15, 0.2) is 47.8 Å². The van der Waals surface area contributed by atoms with E-state index in [2.05, 4.69) is 0 Å². The van der Waals surface area contributed by atoms with E-state index in [1.807, 2.05) is 19.1 Å². The highest BCUT2D eigenvalue weighted by Gasteiger charge is 2.43. The molecule has 5 rings (SSSR count). The fraction of sp³-hybridized carbons (Fsp3) is 0.385. The second-order valence-electron chi connectivity index (χ2n) is 9.61. The Hall–Kier alpha value is -3.49. The van der Waals surface area contributed by atoms with Gasteiger partial charge < -0.3 is 14.7 Å². The van der Waals surface area contributed by atoms with Gasteiger partial charge in [-0.1, -0.05) is 12.1 Å².